The highest BCUT2D eigenvalue weighted by molar-refractivity contribution is 5.90. The van der Waals surface area contributed by atoms with Crippen molar-refractivity contribution >= 4 is 11.8 Å². The van der Waals surface area contributed by atoms with Gasteiger partial charge in [0.2, 0.25) is 0 Å². The molecular formula is C25H31NO5. The van der Waals surface area contributed by atoms with Crippen LogP contribution in [0.4, 0.5) is 0 Å². The number of hydrogen-bond donors (Lipinski definition) is 1. The lowest BCUT2D eigenvalue weighted by atomic mass is 9.49. The van der Waals surface area contributed by atoms with Gasteiger partial charge in [-0.25, -0.2) is 0 Å². The molecule has 5 aliphatic rings. The molecule has 4 atom stereocenters. The average molecular weight is 426 g/mol. The molecule has 1 N–H and O–H groups in total. The van der Waals surface area contributed by atoms with Gasteiger partial charge in [0, 0.05) is 24.6 Å². The first kappa shape index (κ1) is 19.7. The molecule has 0 aromatic heterocycles. The number of hydrogen-bond acceptors (Lipinski definition) is 6. The number of ether oxygens (including phenoxy) is 2. The molecule has 0 unspecified atom stereocenters. The van der Waals surface area contributed by atoms with E-state index in [2.05, 4.69) is 4.90 Å². The predicted octanol–water partition coefficient (Wildman–Crippen LogP) is 2.77. The van der Waals surface area contributed by atoms with Crippen LogP contribution in [0, 0.1) is 11.3 Å². The summed E-state index contributed by atoms with van der Waals surface area (Å²) in [5.41, 5.74) is -0.334. The number of carbonyl (C=O) groups is 2. The van der Waals surface area contributed by atoms with Crippen molar-refractivity contribution in [2.24, 2.45) is 11.3 Å². The van der Waals surface area contributed by atoms with Crippen molar-refractivity contribution < 1.29 is 24.2 Å². The third-order valence-electron chi connectivity index (χ3n) is 8.36. The number of Topliss-reactive ketones (excluding diaryl/α,β-unsaturated/α-hetero) is 1. The standard InChI is InChI=1S/C25H31NO5/c1-23(2,3)22(28)30-17-7-6-15-12-18-25(29)9-8-16(27)21-24(25,19(15)20(17)31-21)10-11-26(18)13-14-4-5-14/h6-7,14,18,21,29H,4-5,8-13H2,1-3H3/t18-,21+,24+,25-/m1/s1. The van der Waals surface area contributed by atoms with Crippen LogP contribution in [0.5, 0.6) is 11.5 Å². The maximum absolute atomic E-state index is 13.1. The van der Waals surface area contributed by atoms with E-state index in [1.54, 1.807) is 0 Å². The average Bonchev–Trinajstić information content (AvgIpc) is 3.44. The van der Waals surface area contributed by atoms with Crippen molar-refractivity contribution in [2.45, 2.75) is 82.5 Å². The SMILES string of the molecule is CC(C)(C)C(=O)Oc1ccc2c3c1O[C@H]1C(=O)CC[C@@]4(O)[C@@H](C2)N(CC2CC2)CC[C@]314. The molecule has 2 aliphatic heterocycles. The van der Waals surface area contributed by atoms with Gasteiger partial charge in [0.1, 0.15) is 0 Å². The van der Waals surface area contributed by atoms with E-state index in [4.69, 9.17) is 9.47 Å². The summed E-state index contributed by atoms with van der Waals surface area (Å²) in [6.45, 7) is 7.34. The van der Waals surface area contributed by atoms with E-state index in [9.17, 15) is 14.7 Å². The van der Waals surface area contributed by atoms with Crippen LogP contribution in [0.15, 0.2) is 12.1 Å². The second-order valence-electron chi connectivity index (χ2n) is 11.3. The summed E-state index contributed by atoms with van der Waals surface area (Å²) in [6, 6.07) is 3.83. The van der Waals surface area contributed by atoms with Crippen molar-refractivity contribution in [1.82, 2.24) is 4.90 Å². The Morgan fingerprint density at radius 1 is 1.29 bits per heavy atom. The lowest BCUT2D eigenvalue weighted by Gasteiger charge is -2.62. The summed E-state index contributed by atoms with van der Waals surface area (Å²) in [7, 11) is 0. The quantitative estimate of drug-likeness (QED) is 0.593. The molecule has 6 heteroatoms. The van der Waals surface area contributed by atoms with Crippen LogP contribution in [0.3, 0.4) is 0 Å². The molecule has 1 aromatic carbocycles. The highest BCUT2D eigenvalue weighted by Crippen LogP contribution is 2.65. The Balaban J connectivity index is 1.49. The Hall–Kier alpha value is -1.92. The maximum Gasteiger partial charge on any atom is 0.316 e. The van der Waals surface area contributed by atoms with Crippen LogP contribution < -0.4 is 9.47 Å². The van der Waals surface area contributed by atoms with Gasteiger partial charge in [-0.15, -0.1) is 0 Å². The Bertz CT molecular complexity index is 992. The van der Waals surface area contributed by atoms with E-state index in [0.29, 0.717) is 30.8 Å². The van der Waals surface area contributed by atoms with Crippen molar-refractivity contribution in [3.8, 4) is 11.5 Å². The smallest absolute Gasteiger partial charge is 0.316 e. The predicted molar refractivity (Wildman–Crippen MR) is 113 cm³/mol. The molecule has 2 saturated carbocycles. The van der Waals surface area contributed by atoms with Crippen LogP contribution in [0.1, 0.15) is 64.0 Å². The van der Waals surface area contributed by atoms with Gasteiger partial charge >= 0.3 is 5.97 Å². The molecule has 1 aromatic rings. The van der Waals surface area contributed by atoms with Crippen molar-refractivity contribution in [1.29, 1.82) is 0 Å². The van der Waals surface area contributed by atoms with Crippen LogP contribution in [-0.4, -0.2) is 52.6 Å². The minimum atomic E-state index is -0.996. The minimum Gasteiger partial charge on any atom is -0.477 e. The fourth-order valence-corrected chi connectivity index (χ4v) is 6.59. The summed E-state index contributed by atoms with van der Waals surface area (Å²) < 4.78 is 12.1. The van der Waals surface area contributed by atoms with Crippen LogP contribution in [0.2, 0.25) is 0 Å². The summed E-state index contributed by atoms with van der Waals surface area (Å²) in [4.78, 5) is 28.1. The fourth-order valence-electron chi connectivity index (χ4n) is 6.59. The van der Waals surface area contributed by atoms with Gasteiger partial charge in [0.15, 0.2) is 23.4 Å². The molecule has 2 bridgehead atoms. The van der Waals surface area contributed by atoms with Gasteiger partial charge in [0.25, 0.3) is 0 Å². The molecule has 3 aliphatic carbocycles. The Kier molecular flexibility index (Phi) is 3.89. The molecule has 31 heavy (non-hydrogen) atoms. The zero-order chi connectivity index (χ0) is 21.8. The van der Waals surface area contributed by atoms with Gasteiger partial charge in [-0.3, -0.25) is 14.5 Å². The van der Waals surface area contributed by atoms with E-state index in [0.717, 1.165) is 36.6 Å². The molecule has 6 rings (SSSR count). The number of rotatable bonds is 3. The zero-order valence-corrected chi connectivity index (χ0v) is 18.6. The van der Waals surface area contributed by atoms with Crippen LogP contribution in [0.25, 0.3) is 0 Å². The molecule has 2 heterocycles. The molecular weight excluding hydrogens is 394 g/mol. The van der Waals surface area contributed by atoms with E-state index in [1.165, 1.54) is 12.8 Å². The maximum atomic E-state index is 13.1. The van der Waals surface area contributed by atoms with E-state index >= 15 is 0 Å². The number of benzene rings is 1. The third-order valence-corrected chi connectivity index (χ3v) is 8.36. The second kappa shape index (κ2) is 6.10. The van der Waals surface area contributed by atoms with Crippen molar-refractivity contribution in [3.05, 3.63) is 23.3 Å². The minimum absolute atomic E-state index is 0.00229. The van der Waals surface area contributed by atoms with Gasteiger partial charge in [-0.2, -0.15) is 0 Å². The zero-order valence-electron chi connectivity index (χ0n) is 18.6. The van der Waals surface area contributed by atoms with Crippen LogP contribution in [-0.2, 0) is 21.4 Å². The van der Waals surface area contributed by atoms with Gasteiger partial charge in [0.05, 0.1) is 16.4 Å². The molecule has 6 nitrogen and oxygen atoms in total. The monoisotopic (exact) mass is 425 g/mol. The number of nitrogens with zero attached hydrogens (tertiary/aromatic N) is 1. The molecule has 166 valence electrons. The number of esters is 1. The normalized spacial score (nSPS) is 36.1. The Labute approximate surface area is 182 Å². The van der Waals surface area contributed by atoms with Crippen molar-refractivity contribution in [2.75, 3.05) is 13.1 Å². The van der Waals surface area contributed by atoms with Gasteiger partial charge in [-0.1, -0.05) is 6.07 Å². The number of carbonyl (C=O) groups excluding carboxylic acids is 2. The first-order valence-corrected chi connectivity index (χ1v) is 11.7. The first-order valence-electron chi connectivity index (χ1n) is 11.7. The summed E-state index contributed by atoms with van der Waals surface area (Å²) in [5, 5.41) is 12.3. The second-order valence-corrected chi connectivity index (χ2v) is 11.3. The van der Waals surface area contributed by atoms with Crippen molar-refractivity contribution in [3.63, 3.8) is 0 Å². The van der Waals surface area contributed by atoms with Gasteiger partial charge < -0.3 is 14.6 Å². The summed E-state index contributed by atoms with van der Waals surface area (Å²) in [6.07, 6.45) is 4.10. The Morgan fingerprint density at radius 3 is 2.77 bits per heavy atom. The number of piperidine rings is 1. The number of ketones is 1. The highest BCUT2D eigenvalue weighted by atomic mass is 16.6. The molecule has 1 spiro atoms. The van der Waals surface area contributed by atoms with E-state index in [-0.39, 0.29) is 17.8 Å². The molecule has 0 radical (unpaired) electrons. The third kappa shape index (κ3) is 2.52. The molecule has 3 fully saturated rings. The lowest BCUT2D eigenvalue weighted by molar-refractivity contribution is -0.188. The molecule has 0 amide bonds. The number of aliphatic hydroxyl groups is 1. The topological polar surface area (TPSA) is 76.1 Å². The Morgan fingerprint density at radius 2 is 2.06 bits per heavy atom. The molecule has 1 saturated heterocycles. The first-order chi connectivity index (χ1) is 14.6. The number of likely N-dealkylation sites (tertiary alicyclic amines) is 1. The van der Waals surface area contributed by atoms with E-state index in [1.807, 2.05) is 32.9 Å². The highest BCUT2D eigenvalue weighted by Gasteiger charge is 2.73. The largest absolute Gasteiger partial charge is 0.477 e. The lowest BCUT2D eigenvalue weighted by Crippen LogP contribution is -2.76. The van der Waals surface area contributed by atoms with Gasteiger partial charge in [-0.05, 0) is 77.0 Å². The summed E-state index contributed by atoms with van der Waals surface area (Å²) >= 11 is 0. The fraction of sp³-hybridized carbons (Fsp3) is 0.680. The summed E-state index contributed by atoms with van der Waals surface area (Å²) in [5.74, 6) is 1.33. The van der Waals surface area contributed by atoms with Crippen LogP contribution >= 0.6 is 0 Å². The van der Waals surface area contributed by atoms with E-state index < -0.39 is 22.5 Å².